The fraction of sp³-hybridized carbons (Fsp3) is 0.529. The molecule has 0 heterocycles. The molecule has 4 heteroatoms. The van der Waals surface area contributed by atoms with Gasteiger partial charge in [0.25, 0.3) is 5.91 Å². The van der Waals surface area contributed by atoms with Crippen LogP contribution in [-0.4, -0.2) is 17.9 Å². The van der Waals surface area contributed by atoms with Gasteiger partial charge in [-0.2, -0.15) is 0 Å². The van der Waals surface area contributed by atoms with E-state index in [0.717, 1.165) is 31.4 Å². The van der Waals surface area contributed by atoms with Crippen LogP contribution < -0.4 is 10.6 Å². The van der Waals surface area contributed by atoms with Crippen molar-refractivity contribution < 1.29 is 9.59 Å². The van der Waals surface area contributed by atoms with Gasteiger partial charge in [0.05, 0.1) is 0 Å². The van der Waals surface area contributed by atoms with Crippen LogP contribution >= 0.6 is 0 Å². The van der Waals surface area contributed by atoms with E-state index in [0.29, 0.717) is 18.0 Å². The van der Waals surface area contributed by atoms with Gasteiger partial charge in [-0.15, -0.1) is 0 Å². The van der Waals surface area contributed by atoms with E-state index in [-0.39, 0.29) is 11.8 Å². The fourth-order valence-electron chi connectivity index (χ4n) is 2.60. The Morgan fingerprint density at radius 3 is 2.43 bits per heavy atom. The van der Waals surface area contributed by atoms with E-state index in [9.17, 15) is 9.59 Å². The van der Waals surface area contributed by atoms with E-state index in [1.54, 1.807) is 24.3 Å². The second-order valence-corrected chi connectivity index (χ2v) is 5.68. The maximum atomic E-state index is 12.1. The summed E-state index contributed by atoms with van der Waals surface area (Å²) in [6.45, 7) is 2.06. The monoisotopic (exact) mass is 288 g/mol. The predicted molar refractivity (Wildman–Crippen MR) is 84.3 cm³/mol. The molecular formula is C17H24N2O2. The van der Waals surface area contributed by atoms with Crippen LogP contribution in [0.2, 0.25) is 0 Å². The van der Waals surface area contributed by atoms with Gasteiger partial charge in [0, 0.05) is 23.7 Å². The SMILES string of the molecule is CCCCC(=O)Nc1ccc(C(=O)NC2CCCC2)cc1. The molecule has 2 amide bonds. The van der Waals surface area contributed by atoms with Gasteiger partial charge in [-0.25, -0.2) is 0 Å². The third-order valence-electron chi connectivity index (χ3n) is 3.88. The Bertz CT molecular complexity index is 476. The summed E-state index contributed by atoms with van der Waals surface area (Å²) in [4.78, 5) is 23.7. The molecule has 0 aromatic heterocycles. The van der Waals surface area contributed by atoms with Crippen LogP contribution in [0.4, 0.5) is 5.69 Å². The zero-order chi connectivity index (χ0) is 15.1. The standard InChI is InChI=1S/C17H24N2O2/c1-2-3-8-16(20)18-15-11-9-13(10-12-15)17(21)19-14-6-4-5-7-14/h9-12,14H,2-8H2,1H3,(H,18,20)(H,19,21). The van der Waals surface area contributed by atoms with Gasteiger partial charge in [-0.1, -0.05) is 26.2 Å². The lowest BCUT2D eigenvalue weighted by Crippen LogP contribution is -2.32. The van der Waals surface area contributed by atoms with Crippen molar-refractivity contribution in [3.05, 3.63) is 29.8 Å². The number of anilines is 1. The minimum atomic E-state index is -0.0224. The third-order valence-corrected chi connectivity index (χ3v) is 3.88. The minimum Gasteiger partial charge on any atom is -0.349 e. The molecule has 1 aromatic carbocycles. The number of amides is 2. The maximum Gasteiger partial charge on any atom is 0.251 e. The molecule has 1 aromatic rings. The smallest absolute Gasteiger partial charge is 0.251 e. The molecule has 1 fully saturated rings. The summed E-state index contributed by atoms with van der Waals surface area (Å²) in [6, 6.07) is 7.42. The first kappa shape index (κ1) is 15.5. The predicted octanol–water partition coefficient (Wildman–Crippen LogP) is 3.49. The summed E-state index contributed by atoms with van der Waals surface area (Å²) in [6.07, 6.45) is 7.01. The number of carbonyl (C=O) groups excluding carboxylic acids is 2. The zero-order valence-electron chi connectivity index (χ0n) is 12.7. The molecule has 0 unspecified atom stereocenters. The number of hydrogen-bond donors (Lipinski definition) is 2. The lowest BCUT2D eigenvalue weighted by atomic mass is 10.1. The summed E-state index contributed by atoms with van der Waals surface area (Å²) in [5.41, 5.74) is 1.39. The van der Waals surface area contributed by atoms with Crippen LogP contribution in [0.5, 0.6) is 0 Å². The quantitative estimate of drug-likeness (QED) is 0.842. The average molecular weight is 288 g/mol. The lowest BCUT2D eigenvalue weighted by Gasteiger charge is -2.12. The molecule has 0 bridgehead atoms. The Labute approximate surface area is 126 Å². The number of benzene rings is 1. The first-order chi connectivity index (χ1) is 10.2. The second-order valence-electron chi connectivity index (χ2n) is 5.68. The van der Waals surface area contributed by atoms with Crippen molar-refractivity contribution in [2.75, 3.05) is 5.32 Å². The van der Waals surface area contributed by atoms with Crippen LogP contribution in [-0.2, 0) is 4.79 Å². The topological polar surface area (TPSA) is 58.2 Å². The van der Waals surface area contributed by atoms with E-state index >= 15 is 0 Å². The molecule has 0 radical (unpaired) electrons. The van der Waals surface area contributed by atoms with Gasteiger partial charge in [0.2, 0.25) is 5.91 Å². The Morgan fingerprint density at radius 2 is 1.81 bits per heavy atom. The molecule has 1 saturated carbocycles. The van der Waals surface area contributed by atoms with Gasteiger partial charge in [-0.3, -0.25) is 9.59 Å². The van der Waals surface area contributed by atoms with E-state index < -0.39 is 0 Å². The van der Waals surface area contributed by atoms with Crippen molar-refractivity contribution in [2.45, 2.75) is 57.9 Å². The summed E-state index contributed by atoms with van der Waals surface area (Å²) in [7, 11) is 0. The highest BCUT2D eigenvalue weighted by Crippen LogP contribution is 2.18. The molecule has 114 valence electrons. The number of carbonyl (C=O) groups is 2. The number of unbranched alkanes of at least 4 members (excludes halogenated alkanes) is 1. The molecule has 2 N–H and O–H groups in total. The lowest BCUT2D eigenvalue weighted by molar-refractivity contribution is -0.116. The van der Waals surface area contributed by atoms with E-state index in [1.165, 1.54) is 12.8 Å². The van der Waals surface area contributed by atoms with Crippen LogP contribution in [0.25, 0.3) is 0 Å². The number of rotatable bonds is 6. The van der Waals surface area contributed by atoms with Crippen molar-refractivity contribution in [2.24, 2.45) is 0 Å². The van der Waals surface area contributed by atoms with Gasteiger partial charge >= 0.3 is 0 Å². The molecule has 0 spiro atoms. The summed E-state index contributed by atoms with van der Waals surface area (Å²) in [5, 5.41) is 5.90. The normalized spacial score (nSPS) is 14.9. The Kier molecular flexibility index (Phi) is 5.78. The van der Waals surface area contributed by atoms with Gasteiger partial charge < -0.3 is 10.6 Å². The third kappa shape index (κ3) is 4.88. The van der Waals surface area contributed by atoms with Crippen molar-refractivity contribution in [3.63, 3.8) is 0 Å². The molecule has 2 rings (SSSR count). The highest BCUT2D eigenvalue weighted by atomic mass is 16.2. The summed E-state index contributed by atoms with van der Waals surface area (Å²) < 4.78 is 0. The Morgan fingerprint density at radius 1 is 1.14 bits per heavy atom. The second kappa shape index (κ2) is 7.81. The first-order valence-electron chi connectivity index (χ1n) is 7.90. The van der Waals surface area contributed by atoms with Crippen LogP contribution in [0.1, 0.15) is 62.2 Å². The molecule has 1 aliphatic rings. The molecule has 21 heavy (non-hydrogen) atoms. The van der Waals surface area contributed by atoms with Crippen LogP contribution in [0.3, 0.4) is 0 Å². The van der Waals surface area contributed by atoms with Crippen molar-refractivity contribution >= 4 is 17.5 Å². The largest absolute Gasteiger partial charge is 0.349 e. The summed E-state index contributed by atoms with van der Waals surface area (Å²) >= 11 is 0. The van der Waals surface area contributed by atoms with Crippen molar-refractivity contribution in [1.82, 2.24) is 5.32 Å². The maximum absolute atomic E-state index is 12.1. The van der Waals surface area contributed by atoms with E-state index in [1.807, 2.05) is 0 Å². The Balaban J connectivity index is 1.85. The average Bonchev–Trinajstić information content (AvgIpc) is 2.98. The summed E-state index contributed by atoms with van der Waals surface area (Å²) in [5.74, 6) is 0.00534. The molecule has 0 aliphatic heterocycles. The van der Waals surface area contributed by atoms with Gasteiger partial charge in [-0.05, 0) is 43.5 Å². The fourth-order valence-corrected chi connectivity index (χ4v) is 2.60. The first-order valence-corrected chi connectivity index (χ1v) is 7.90. The number of nitrogens with one attached hydrogen (secondary N) is 2. The molecule has 0 atom stereocenters. The van der Waals surface area contributed by atoms with E-state index in [4.69, 9.17) is 0 Å². The van der Waals surface area contributed by atoms with Crippen molar-refractivity contribution in [3.8, 4) is 0 Å². The molecule has 4 nitrogen and oxygen atoms in total. The number of hydrogen-bond acceptors (Lipinski definition) is 2. The zero-order valence-corrected chi connectivity index (χ0v) is 12.7. The highest BCUT2D eigenvalue weighted by Gasteiger charge is 2.17. The van der Waals surface area contributed by atoms with Crippen molar-refractivity contribution in [1.29, 1.82) is 0 Å². The molecular weight excluding hydrogens is 264 g/mol. The van der Waals surface area contributed by atoms with Crippen LogP contribution in [0, 0.1) is 0 Å². The molecule has 0 saturated heterocycles. The van der Waals surface area contributed by atoms with Gasteiger partial charge in [0.1, 0.15) is 0 Å². The molecule has 1 aliphatic carbocycles. The van der Waals surface area contributed by atoms with Crippen LogP contribution in [0.15, 0.2) is 24.3 Å². The Hall–Kier alpha value is -1.84. The van der Waals surface area contributed by atoms with E-state index in [2.05, 4.69) is 17.6 Å². The minimum absolute atomic E-state index is 0.0224. The highest BCUT2D eigenvalue weighted by molar-refractivity contribution is 5.95. The van der Waals surface area contributed by atoms with Gasteiger partial charge in [0.15, 0.2) is 0 Å².